The smallest absolute Gasteiger partial charge is 0.261 e. The predicted molar refractivity (Wildman–Crippen MR) is 101 cm³/mol. The second-order valence-electron chi connectivity index (χ2n) is 5.35. The van der Waals surface area contributed by atoms with Gasteiger partial charge in [-0.25, -0.2) is 9.37 Å². The first kappa shape index (κ1) is 18.0. The van der Waals surface area contributed by atoms with Crippen LogP contribution in [0.15, 0.2) is 47.8 Å². The number of carbonyl (C=O) groups excluding carboxylic acids is 2. The van der Waals surface area contributed by atoms with Gasteiger partial charge in [0.05, 0.1) is 16.3 Å². The van der Waals surface area contributed by atoms with E-state index in [0.717, 1.165) is 5.56 Å². The average Bonchev–Trinajstić information content (AvgIpc) is 3.03. The number of benzene rings is 2. The highest BCUT2D eigenvalue weighted by Gasteiger charge is 2.17. The third-order valence-corrected chi connectivity index (χ3v) is 4.49. The molecule has 3 rings (SSSR count). The second-order valence-corrected chi connectivity index (χ2v) is 6.61. The van der Waals surface area contributed by atoms with Crippen molar-refractivity contribution in [3.05, 3.63) is 64.2 Å². The molecular weight excluding hydrogens is 377 g/mol. The standard InChI is InChI=1S/C18H13ClFN3O2S/c1-10(24)21-12-7-5-11(6-8-12)15-9-26-18(22-15)23-17(25)16-13(19)3-2-4-14(16)20/h2-9H,1H3,(H,21,24)(H,22,23,25). The number of thiazole rings is 1. The van der Waals surface area contributed by atoms with E-state index < -0.39 is 11.7 Å². The molecule has 2 amide bonds. The van der Waals surface area contributed by atoms with E-state index in [1.165, 1.54) is 36.5 Å². The molecule has 0 saturated carbocycles. The summed E-state index contributed by atoms with van der Waals surface area (Å²) in [6.45, 7) is 1.44. The number of aromatic nitrogens is 1. The lowest BCUT2D eigenvalue weighted by atomic mass is 10.1. The fraction of sp³-hybridized carbons (Fsp3) is 0.0556. The zero-order chi connectivity index (χ0) is 18.7. The first-order valence-corrected chi connectivity index (χ1v) is 8.78. The van der Waals surface area contributed by atoms with E-state index >= 15 is 0 Å². The van der Waals surface area contributed by atoms with Gasteiger partial charge in [0, 0.05) is 23.6 Å². The molecule has 26 heavy (non-hydrogen) atoms. The van der Waals surface area contributed by atoms with E-state index in [9.17, 15) is 14.0 Å². The van der Waals surface area contributed by atoms with Crippen LogP contribution in [0.4, 0.5) is 15.2 Å². The Morgan fingerprint density at radius 2 is 1.85 bits per heavy atom. The van der Waals surface area contributed by atoms with Crippen molar-refractivity contribution < 1.29 is 14.0 Å². The van der Waals surface area contributed by atoms with Crippen LogP contribution in [0.5, 0.6) is 0 Å². The fourth-order valence-corrected chi connectivity index (χ4v) is 3.23. The molecule has 0 atom stereocenters. The molecule has 0 aliphatic carbocycles. The summed E-state index contributed by atoms with van der Waals surface area (Å²) in [5.41, 5.74) is 1.93. The summed E-state index contributed by atoms with van der Waals surface area (Å²) in [6, 6.07) is 11.2. The third-order valence-electron chi connectivity index (χ3n) is 3.42. The Morgan fingerprint density at radius 3 is 2.50 bits per heavy atom. The molecule has 1 heterocycles. The molecule has 2 N–H and O–H groups in total. The molecular formula is C18H13ClFN3O2S. The summed E-state index contributed by atoms with van der Waals surface area (Å²) < 4.78 is 13.8. The first-order valence-electron chi connectivity index (χ1n) is 7.53. The number of nitrogens with zero attached hydrogens (tertiary/aromatic N) is 1. The monoisotopic (exact) mass is 389 g/mol. The molecule has 0 spiro atoms. The van der Waals surface area contributed by atoms with Crippen molar-refractivity contribution in [1.82, 2.24) is 4.98 Å². The van der Waals surface area contributed by atoms with Gasteiger partial charge in [-0.3, -0.25) is 14.9 Å². The van der Waals surface area contributed by atoms with Crippen molar-refractivity contribution in [3.63, 3.8) is 0 Å². The van der Waals surface area contributed by atoms with Crippen LogP contribution in [0.2, 0.25) is 5.02 Å². The molecule has 132 valence electrons. The molecule has 1 aromatic heterocycles. The van der Waals surface area contributed by atoms with Gasteiger partial charge >= 0.3 is 0 Å². The SMILES string of the molecule is CC(=O)Nc1ccc(-c2csc(NC(=O)c3c(F)cccc3Cl)n2)cc1. The highest BCUT2D eigenvalue weighted by Crippen LogP contribution is 2.27. The Kier molecular flexibility index (Phi) is 5.29. The topological polar surface area (TPSA) is 71.1 Å². The number of rotatable bonds is 4. The predicted octanol–water partition coefficient (Wildman–Crippen LogP) is 4.81. The van der Waals surface area contributed by atoms with Crippen molar-refractivity contribution >= 4 is 45.6 Å². The number of halogens is 2. The number of hydrogen-bond acceptors (Lipinski definition) is 4. The van der Waals surface area contributed by atoms with Gasteiger partial charge in [0.25, 0.3) is 5.91 Å². The van der Waals surface area contributed by atoms with E-state index in [-0.39, 0.29) is 16.5 Å². The average molecular weight is 390 g/mol. The quantitative estimate of drug-likeness (QED) is 0.672. The van der Waals surface area contributed by atoms with Crippen LogP contribution < -0.4 is 10.6 Å². The molecule has 0 unspecified atom stereocenters. The minimum atomic E-state index is -0.694. The Bertz CT molecular complexity index is 953. The second kappa shape index (κ2) is 7.63. The van der Waals surface area contributed by atoms with Crippen LogP contribution in [0, 0.1) is 5.82 Å². The van der Waals surface area contributed by atoms with Crippen molar-refractivity contribution in [3.8, 4) is 11.3 Å². The third kappa shape index (κ3) is 4.07. The number of nitrogens with one attached hydrogen (secondary N) is 2. The van der Waals surface area contributed by atoms with E-state index in [1.807, 2.05) is 0 Å². The Labute approximate surface area is 157 Å². The van der Waals surface area contributed by atoms with Gasteiger partial charge < -0.3 is 5.32 Å². The van der Waals surface area contributed by atoms with Gasteiger partial charge in [-0.15, -0.1) is 11.3 Å². The first-order chi connectivity index (χ1) is 12.4. The molecule has 0 aliphatic rings. The Hall–Kier alpha value is -2.77. The van der Waals surface area contributed by atoms with Crippen molar-refractivity contribution in [2.24, 2.45) is 0 Å². The van der Waals surface area contributed by atoms with E-state index in [2.05, 4.69) is 15.6 Å². The lowest BCUT2D eigenvalue weighted by Gasteiger charge is -2.05. The van der Waals surface area contributed by atoms with Crippen molar-refractivity contribution in [2.45, 2.75) is 6.92 Å². The van der Waals surface area contributed by atoms with Crippen LogP contribution >= 0.6 is 22.9 Å². The number of carbonyl (C=O) groups is 2. The molecule has 0 radical (unpaired) electrons. The molecule has 0 fully saturated rings. The van der Waals surface area contributed by atoms with Crippen molar-refractivity contribution in [2.75, 3.05) is 10.6 Å². The van der Waals surface area contributed by atoms with Gasteiger partial charge in [0.1, 0.15) is 5.82 Å². The highest BCUT2D eigenvalue weighted by atomic mass is 35.5. The molecule has 5 nitrogen and oxygen atoms in total. The Balaban J connectivity index is 1.76. The molecule has 3 aromatic rings. The van der Waals surface area contributed by atoms with Crippen LogP contribution in [-0.2, 0) is 4.79 Å². The van der Waals surface area contributed by atoms with E-state index in [0.29, 0.717) is 16.5 Å². The van der Waals surface area contributed by atoms with E-state index in [4.69, 9.17) is 11.6 Å². The molecule has 0 saturated heterocycles. The van der Waals surface area contributed by atoms with Gasteiger partial charge in [-0.1, -0.05) is 29.8 Å². The summed E-state index contributed by atoms with van der Waals surface area (Å²) in [7, 11) is 0. The highest BCUT2D eigenvalue weighted by molar-refractivity contribution is 7.14. The summed E-state index contributed by atoms with van der Waals surface area (Å²) in [4.78, 5) is 27.6. The summed E-state index contributed by atoms with van der Waals surface area (Å²) >= 11 is 7.11. The largest absolute Gasteiger partial charge is 0.326 e. The zero-order valence-electron chi connectivity index (χ0n) is 13.5. The maximum absolute atomic E-state index is 13.8. The zero-order valence-corrected chi connectivity index (χ0v) is 15.1. The van der Waals surface area contributed by atoms with Gasteiger partial charge in [-0.05, 0) is 24.3 Å². The maximum Gasteiger partial charge on any atom is 0.261 e. The summed E-state index contributed by atoms with van der Waals surface area (Å²) in [5, 5.41) is 7.37. The van der Waals surface area contributed by atoms with Crippen LogP contribution in [0.25, 0.3) is 11.3 Å². The number of amides is 2. The van der Waals surface area contributed by atoms with Crippen LogP contribution in [0.3, 0.4) is 0 Å². The number of anilines is 2. The Morgan fingerprint density at radius 1 is 1.12 bits per heavy atom. The van der Waals surface area contributed by atoms with Gasteiger partial charge in [0.2, 0.25) is 5.91 Å². The van der Waals surface area contributed by atoms with Crippen LogP contribution in [-0.4, -0.2) is 16.8 Å². The minimum Gasteiger partial charge on any atom is -0.326 e. The summed E-state index contributed by atoms with van der Waals surface area (Å²) in [6.07, 6.45) is 0. The summed E-state index contributed by atoms with van der Waals surface area (Å²) in [5.74, 6) is -1.50. The minimum absolute atomic E-state index is 0.0350. The molecule has 2 aromatic carbocycles. The van der Waals surface area contributed by atoms with Gasteiger partial charge in [-0.2, -0.15) is 0 Å². The van der Waals surface area contributed by atoms with Crippen molar-refractivity contribution in [1.29, 1.82) is 0 Å². The number of hydrogen-bond donors (Lipinski definition) is 2. The maximum atomic E-state index is 13.8. The molecule has 0 aliphatic heterocycles. The normalized spacial score (nSPS) is 10.4. The lowest BCUT2D eigenvalue weighted by molar-refractivity contribution is -0.114. The fourth-order valence-electron chi connectivity index (χ4n) is 2.27. The van der Waals surface area contributed by atoms with Crippen LogP contribution in [0.1, 0.15) is 17.3 Å². The molecule has 0 bridgehead atoms. The lowest BCUT2D eigenvalue weighted by Crippen LogP contribution is -2.14. The van der Waals surface area contributed by atoms with Gasteiger partial charge in [0.15, 0.2) is 5.13 Å². The van der Waals surface area contributed by atoms with E-state index in [1.54, 1.807) is 29.6 Å². The molecule has 8 heteroatoms.